The van der Waals surface area contributed by atoms with Gasteiger partial charge in [-0.1, -0.05) is 24.3 Å². The van der Waals surface area contributed by atoms with Crippen LogP contribution in [0.2, 0.25) is 0 Å². The Morgan fingerprint density at radius 3 is 2.52 bits per heavy atom. The van der Waals surface area contributed by atoms with Gasteiger partial charge in [-0.2, -0.15) is 0 Å². The zero-order valence-electron chi connectivity index (χ0n) is 11.5. The molecule has 0 radical (unpaired) electrons. The second-order valence-electron chi connectivity index (χ2n) is 5.38. The molecule has 2 aliphatic rings. The standard InChI is InChI=1S/C15H17NO5/c17-13-7-8-14(18)16(13)21-15(19)20-9-10-1-3-11(4-2-10)12-5-6-12/h1-4,12-13,17H,5-9H2. The molecule has 0 bridgehead atoms. The number of rotatable bonds is 4. The number of benzene rings is 1. The van der Waals surface area contributed by atoms with E-state index >= 15 is 0 Å². The smallest absolute Gasteiger partial charge is 0.428 e. The lowest BCUT2D eigenvalue weighted by molar-refractivity contribution is -0.199. The lowest BCUT2D eigenvalue weighted by atomic mass is 10.1. The second-order valence-corrected chi connectivity index (χ2v) is 5.38. The van der Waals surface area contributed by atoms with Crippen LogP contribution in [0.3, 0.4) is 0 Å². The van der Waals surface area contributed by atoms with Crippen LogP contribution in [0.4, 0.5) is 4.79 Å². The largest absolute Gasteiger partial charge is 0.533 e. The van der Waals surface area contributed by atoms with Crippen LogP contribution >= 0.6 is 0 Å². The zero-order chi connectivity index (χ0) is 14.8. The highest BCUT2D eigenvalue weighted by Crippen LogP contribution is 2.39. The third kappa shape index (κ3) is 3.33. The first-order valence-corrected chi connectivity index (χ1v) is 7.07. The highest BCUT2D eigenvalue weighted by Gasteiger charge is 2.33. The van der Waals surface area contributed by atoms with Gasteiger partial charge in [-0.3, -0.25) is 4.79 Å². The summed E-state index contributed by atoms with van der Waals surface area (Å²) in [6.45, 7) is 0.0713. The van der Waals surface area contributed by atoms with Crippen molar-refractivity contribution in [3.8, 4) is 0 Å². The fourth-order valence-corrected chi connectivity index (χ4v) is 2.31. The maximum absolute atomic E-state index is 11.5. The number of hydroxylamine groups is 2. The molecule has 3 rings (SSSR count). The van der Waals surface area contributed by atoms with Crippen LogP contribution in [0.15, 0.2) is 24.3 Å². The molecule has 1 aromatic carbocycles. The zero-order valence-corrected chi connectivity index (χ0v) is 11.5. The summed E-state index contributed by atoms with van der Waals surface area (Å²) in [5.41, 5.74) is 2.16. The summed E-state index contributed by atoms with van der Waals surface area (Å²) in [4.78, 5) is 27.5. The first kappa shape index (κ1) is 13.9. The van der Waals surface area contributed by atoms with Gasteiger partial charge in [0.05, 0.1) is 0 Å². The summed E-state index contributed by atoms with van der Waals surface area (Å²) < 4.78 is 4.94. The van der Waals surface area contributed by atoms with E-state index < -0.39 is 18.3 Å². The average molecular weight is 291 g/mol. The Morgan fingerprint density at radius 1 is 1.24 bits per heavy atom. The SMILES string of the molecule is O=C(OCc1ccc(C2CC2)cc1)ON1C(=O)CCC1O. The van der Waals surface area contributed by atoms with Crippen molar-refractivity contribution in [2.45, 2.75) is 44.4 Å². The Morgan fingerprint density at radius 2 is 1.95 bits per heavy atom. The number of hydrogen-bond acceptors (Lipinski definition) is 5. The number of amides is 1. The molecule has 1 aromatic rings. The molecule has 1 aliphatic heterocycles. The van der Waals surface area contributed by atoms with Gasteiger partial charge in [-0.05, 0) is 29.9 Å². The van der Waals surface area contributed by atoms with Gasteiger partial charge in [0.25, 0.3) is 5.91 Å². The highest BCUT2D eigenvalue weighted by molar-refractivity contribution is 5.78. The van der Waals surface area contributed by atoms with E-state index in [1.165, 1.54) is 18.4 Å². The van der Waals surface area contributed by atoms with Crippen molar-refractivity contribution in [2.75, 3.05) is 0 Å². The van der Waals surface area contributed by atoms with Crippen LogP contribution < -0.4 is 0 Å². The molecule has 21 heavy (non-hydrogen) atoms. The van der Waals surface area contributed by atoms with Crippen molar-refractivity contribution in [1.29, 1.82) is 0 Å². The van der Waals surface area contributed by atoms with Gasteiger partial charge >= 0.3 is 6.16 Å². The van der Waals surface area contributed by atoms with E-state index in [0.29, 0.717) is 11.0 Å². The van der Waals surface area contributed by atoms with E-state index in [9.17, 15) is 14.7 Å². The number of aliphatic hydroxyl groups is 1. The van der Waals surface area contributed by atoms with Crippen LogP contribution in [0.25, 0.3) is 0 Å². The fourth-order valence-electron chi connectivity index (χ4n) is 2.31. The molecule has 0 spiro atoms. The normalized spacial score (nSPS) is 21.5. The third-order valence-corrected chi connectivity index (χ3v) is 3.69. The van der Waals surface area contributed by atoms with Crippen molar-refractivity contribution in [2.24, 2.45) is 0 Å². The molecular weight excluding hydrogens is 274 g/mol. The van der Waals surface area contributed by atoms with Crippen LogP contribution in [0.1, 0.15) is 42.7 Å². The molecular formula is C15H17NO5. The van der Waals surface area contributed by atoms with E-state index in [0.717, 1.165) is 5.56 Å². The van der Waals surface area contributed by atoms with Gasteiger partial charge in [0.1, 0.15) is 6.61 Å². The quantitative estimate of drug-likeness (QED) is 0.859. The Labute approximate surface area is 122 Å². The highest BCUT2D eigenvalue weighted by atomic mass is 16.8. The minimum absolute atomic E-state index is 0.0713. The fraction of sp³-hybridized carbons (Fsp3) is 0.467. The van der Waals surface area contributed by atoms with Gasteiger partial charge in [-0.25, -0.2) is 4.79 Å². The maximum Gasteiger partial charge on any atom is 0.533 e. The molecule has 1 aliphatic carbocycles. The second kappa shape index (κ2) is 5.73. The van der Waals surface area contributed by atoms with Crippen molar-refractivity contribution >= 4 is 12.1 Å². The number of nitrogens with zero attached hydrogens (tertiary/aromatic N) is 1. The molecule has 1 amide bonds. The van der Waals surface area contributed by atoms with E-state index in [1.54, 1.807) is 0 Å². The Balaban J connectivity index is 1.47. The molecule has 6 nitrogen and oxygen atoms in total. The van der Waals surface area contributed by atoms with Crippen LogP contribution in [0.5, 0.6) is 0 Å². The molecule has 2 fully saturated rings. The number of ether oxygens (including phenoxy) is 1. The summed E-state index contributed by atoms with van der Waals surface area (Å²) in [7, 11) is 0. The predicted molar refractivity (Wildman–Crippen MR) is 71.8 cm³/mol. The summed E-state index contributed by atoms with van der Waals surface area (Å²) in [6, 6.07) is 7.90. The summed E-state index contributed by atoms with van der Waals surface area (Å²) in [5.74, 6) is 0.265. The third-order valence-electron chi connectivity index (χ3n) is 3.69. The molecule has 1 heterocycles. The molecule has 1 N–H and O–H groups in total. The van der Waals surface area contributed by atoms with Crippen molar-refractivity contribution in [3.63, 3.8) is 0 Å². The monoisotopic (exact) mass is 291 g/mol. The number of carbonyl (C=O) groups excluding carboxylic acids is 2. The van der Waals surface area contributed by atoms with E-state index in [2.05, 4.69) is 0 Å². The van der Waals surface area contributed by atoms with Gasteiger partial charge in [0.15, 0.2) is 6.23 Å². The number of carbonyl (C=O) groups is 2. The molecule has 0 aromatic heterocycles. The molecule has 1 atom stereocenters. The predicted octanol–water partition coefficient (Wildman–Crippen LogP) is 2.07. The van der Waals surface area contributed by atoms with Gasteiger partial charge in [0.2, 0.25) is 0 Å². The number of hydrogen-bond donors (Lipinski definition) is 1. The molecule has 1 saturated carbocycles. The van der Waals surface area contributed by atoms with Gasteiger partial charge in [0, 0.05) is 12.8 Å². The summed E-state index contributed by atoms with van der Waals surface area (Å²) >= 11 is 0. The Hall–Kier alpha value is -2.08. The molecule has 1 unspecified atom stereocenters. The number of aliphatic hydroxyl groups excluding tert-OH is 1. The van der Waals surface area contributed by atoms with Gasteiger partial charge in [-0.15, -0.1) is 5.06 Å². The summed E-state index contributed by atoms with van der Waals surface area (Å²) in [5, 5.41) is 10.1. The average Bonchev–Trinajstić information content (AvgIpc) is 3.28. The van der Waals surface area contributed by atoms with Crippen LogP contribution in [-0.2, 0) is 21.0 Å². The minimum Gasteiger partial charge on any atom is -0.428 e. The molecule has 6 heteroatoms. The van der Waals surface area contributed by atoms with E-state index in [-0.39, 0.29) is 19.4 Å². The molecule has 112 valence electrons. The summed E-state index contributed by atoms with van der Waals surface area (Å²) in [6.07, 6.45) is 0.840. The lowest BCUT2D eigenvalue weighted by Crippen LogP contribution is -2.35. The maximum atomic E-state index is 11.5. The first-order valence-electron chi connectivity index (χ1n) is 7.07. The van der Waals surface area contributed by atoms with E-state index in [1.807, 2.05) is 24.3 Å². The van der Waals surface area contributed by atoms with E-state index in [4.69, 9.17) is 9.57 Å². The van der Waals surface area contributed by atoms with Crippen LogP contribution in [0, 0.1) is 0 Å². The lowest BCUT2D eigenvalue weighted by Gasteiger charge is -2.18. The van der Waals surface area contributed by atoms with Crippen molar-refractivity contribution in [3.05, 3.63) is 35.4 Å². The Kier molecular flexibility index (Phi) is 3.79. The van der Waals surface area contributed by atoms with Crippen molar-refractivity contribution in [1.82, 2.24) is 5.06 Å². The Bertz CT molecular complexity index is 537. The van der Waals surface area contributed by atoms with Crippen molar-refractivity contribution < 1.29 is 24.3 Å². The topological polar surface area (TPSA) is 76.1 Å². The van der Waals surface area contributed by atoms with Crippen LogP contribution in [-0.4, -0.2) is 28.5 Å². The minimum atomic E-state index is -1.08. The molecule has 1 saturated heterocycles. The van der Waals surface area contributed by atoms with Gasteiger partial charge < -0.3 is 14.7 Å². The first-order chi connectivity index (χ1) is 10.1.